The van der Waals surface area contributed by atoms with Gasteiger partial charge in [-0.3, -0.25) is 4.40 Å². The van der Waals surface area contributed by atoms with Gasteiger partial charge in [0.25, 0.3) is 0 Å². The molecule has 2 aromatic rings. The van der Waals surface area contributed by atoms with Crippen molar-refractivity contribution in [1.29, 1.82) is 0 Å². The number of imidazole rings is 1. The topological polar surface area (TPSA) is 43.1 Å². The number of hydrogen-bond donors (Lipinski definition) is 0. The Morgan fingerprint density at radius 3 is 2.62 bits per heavy atom. The number of rotatable bonds is 0. The lowest BCUT2D eigenvalue weighted by molar-refractivity contribution is 0.573. The Morgan fingerprint density at radius 1 is 1.23 bits per heavy atom. The van der Waals surface area contributed by atoms with Gasteiger partial charge in [-0.25, -0.2) is 4.98 Å². The lowest BCUT2D eigenvalue weighted by atomic mass is 9.93. The zero-order valence-corrected chi connectivity index (χ0v) is 8.02. The van der Waals surface area contributed by atoms with E-state index in [0.29, 0.717) is 0 Å². The molecule has 4 heteroatoms. The maximum Gasteiger partial charge on any atom is 0.158 e. The molecule has 0 unspecified atom stereocenters. The van der Waals surface area contributed by atoms with E-state index in [1.54, 1.807) is 12.5 Å². The highest BCUT2D eigenvalue weighted by Gasteiger charge is 2.17. The van der Waals surface area contributed by atoms with E-state index in [0.717, 1.165) is 11.3 Å². The molecule has 0 fully saturated rings. The van der Waals surface area contributed by atoms with Crippen molar-refractivity contribution < 1.29 is 0 Å². The normalized spacial score (nSPS) is 12.2. The maximum atomic E-state index is 4.44. The van der Waals surface area contributed by atoms with Crippen molar-refractivity contribution in [2.45, 2.75) is 26.2 Å². The number of hydrogen-bond acceptors (Lipinski definition) is 3. The van der Waals surface area contributed by atoms with E-state index in [2.05, 4.69) is 36.0 Å². The number of fused-ring (bicyclic) bond motifs is 1. The third-order valence-electron chi connectivity index (χ3n) is 1.95. The minimum atomic E-state index is 0.0754. The Hall–Kier alpha value is -1.45. The van der Waals surface area contributed by atoms with Gasteiger partial charge in [0.15, 0.2) is 5.65 Å². The van der Waals surface area contributed by atoms with Gasteiger partial charge in [0.2, 0.25) is 0 Å². The first-order chi connectivity index (χ1) is 6.07. The van der Waals surface area contributed by atoms with Crippen LogP contribution in [0.5, 0.6) is 0 Å². The van der Waals surface area contributed by atoms with E-state index in [9.17, 15) is 0 Å². The summed E-state index contributed by atoms with van der Waals surface area (Å²) in [5, 5.41) is 7.56. The summed E-state index contributed by atoms with van der Waals surface area (Å²) >= 11 is 0. The van der Waals surface area contributed by atoms with Crippen LogP contribution in [0.25, 0.3) is 5.65 Å². The van der Waals surface area contributed by atoms with Crippen molar-refractivity contribution in [3.63, 3.8) is 0 Å². The summed E-state index contributed by atoms with van der Waals surface area (Å²) in [6.07, 6.45) is 5.32. The molecule has 0 radical (unpaired) electrons. The van der Waals surface area contributed by atoms with Crippen molar-refractivity contribution in [2.75, 3.05) is 0 Å². The van der Waals surface area contributed by atoms with Gasteiger partial charge in [0.1, 0.15) is 6.33 Å². The highest BCUT2D eigenvalue weighted by molar-refractivity contribution is 5.37. The summed E-state index contributed by atoms with van der Waals surface area (Å²) in [5.74, 6) is 0. The fourth-order valence-electron chi connectivity index (χ4n) is 1.13. The van der Waals surface area contributed by atoms with E-state index < -0.39 is 0 Å². The Balaban J connectivity index is 2.63. The Labute approximate surface area is 76.6 Å². The predicted molar refractivity (Wildman–Crippen MR) is 49.5 cm³/mol. The average Bonchev–Trinajstić information content (AvgIpc) is 2.45. The highest BCUT2D eigenvalue weighted by atomic mass is 15.2. The van der Waals surface area contributed by atoms with Crippen molar-refractivity contribution in [2.24, 2.45) is 0 Å². The first-order valence-electron chi connectivity index (χ1n) is 4.23. The van der Waals surface area contributed by atoms with Gasteiger partial charge < -0.3 is 0 Å². The standard InChI is InChI=1S/C9H12N4/c1-9(2,3)7-5-13-6-11-10-4-8(13)12-7/h4-6H,1-3H3. The van der Waals surface area contributed by atoms with Crippen LogP contribution in [-0.2, 0) is 5.41 Å². The monoisotopic (exact) mass is 176 g/mol. The molecule has 2 rings (SSSR count). The van der Waals surface area contributed by atoms with Crippen molar-refractivity contribution in [3.05, 3.63) is 24.4 Å². The second-order valence-electron chi connectivity index (χ2n) is 4.12. The zero-order chi connectivity index (χ0) is 9.47. The fraction of sp³-hybridized carbons (Fsp3) is 0.444. The molecule has 2 aromatic heterocycles. The van der Waals surface area contributed by atoms with Gasteiger partial charge in [-0.1, -0.05) is 20.8 Å². The van der Waals surface area contributed by atoms with Crippen molar-refractivity contribution in [1.82, 2.24) is 19.6 Å². The van der Waals surface area contributed by atoms with Crippen LogP contribution in [0.2, 0.25) is 0 Å². The number of aromatic nitrogens is 4. The minimum Gasteiger partial charge on any atom is -0.287 e. The molecule has 0 aliphatic carbocycles. The molecule has 0 spiro atoms. The lowest BCUT2D eigenvalue weighted by Gasteiger charge is -2.13. The van der Waals surface area contributed by atoms with Crippen molar-refractivity contribution in [3.8, 4) is 0 Å². The molecule has 0 aromatic carbocycles. The minimum absolute atomic E-state index is 0.0754. The third kappa shape index (κ3) is 1.39. The molecule has 0 atom stereocenters. The molecule has 0 N–H and O–H groups in total. The van der Waals surface area contributed by atoms with Crippen LogP contribution in [-0.4, -0.2) is 19.6 Å². The van der Waals surface area contributed by atoms with Gasteiger partial charge in [-0.15, -0.1) is 5.10 Å². The van der Waals surface area contributed by atoms with Crippen LogP contribution >= 0.6 is 0 Å². The number of nitrogens with zero attached hydrogens (tertiary/aromatic N) is 4. The second kappa shape index (κ2) is 2.52. The van der Waals surface area contributed by atoms with Gasteiger partial charge in [-0.05, 0) is 0 Å². The van der Waals surface area contributed by atoms with E-state index in [-0.39, 0.29) is 5.41 Å². The summed E-state index contributed by atoms with van der Waals surface area (Å²) in [4.78, 5) is 4.44. The molecule has 0 saturated carbocycles. The van der Waals surface area contributed by atoms with E-state index >= 15 is 0 Å². The molecule has 0 amide bonds. The molecule has 13 heavy (non-hydrogen) atoms. The molecule has 0 aliphatic rings. The largest absolute Gasteiger partial charge is 0.287 e. The van der Waals surface area contributed by atoms with Gasteiger partial charge in [0, 0.05) is 11.6 Å². The summed E-state index contributed by atoms with van der Waals surface area (Å²) < 4.78 is 1.88. The van der Waals surface area contributed by atoms with Gasteiger partial charge in [0.05, 0.1) is 11.9 Å². The molecule has 0 bridgehead atoms. The molecular weight excluding hydrogens is 164 g/mol. The molecule has 0 saturated heterocycles. The molecule has 0 aliphatic heterocycles. The molecule has 2 heterocycles. The van der Waals surface area contributed by atoms with Crippen molar-refractivity contribution >= 4 is 5.65 Å². The van der Waals surface area contributed by atoms with Gasteiger partial charge in [-0.2, -0.15) is 5.10 Å². The summed E-state index contributed by atoms with van der Waals surface area (Å²) in [7, 11) is 0. The molecule has 4 nitrogen and oxygen atoms in total. The van der Waals surface area contributed by atoms with E-state index in [1.807, 2.05) is 10.6 Å². The van der Waals surface area contributed by atoms with Crippen LogP contribution in [0.3, 0.4) is 0 Å². The van der Waals surface area contributed by atoms with Crippen LogP contribution in [0.15, 0.2) is 18.7 Å². The second-order valence-corrected chi connectivity index (χ2v) is 4.12. The average molecular weight is 176 g/mol. The predicted octanol–water partition coefficient (Wildman–Crippen LogP) is 1.42. The Bertz CT molecular complexity index is 391. The Morgan fingerprint density at radius 2 is 2.00 bits per heavy atom. The lowest BCUT2D eigenvalue weighted by Crippen LogP contribution is -2.11. The Kier molecular flexibility index (Phi) is 1.58. The quantitative estimate of drug-likeness (QED) is 0.609. The maximum absolute atomic E-state index is 4.44. The molecule has 68 valence electrons. The van der Waals surface area contributed by atoms with E-state index in [1.165, 1.54) is 0 Å². The smallest absolute Gasteiger partial charge is 0.158 e. The summed E-state index contributed by atoms with van der Waals surface area (Å²) in [6.45, 7) is 6.40. The van der Waals surface area contributed by atoms with Crippen LogP contribution in [0.1, 0.15) is 26.5 Å². The highest BCUT2D eigenvalue weighted by Crippen LogP contribution is 2.20. The summed E-state index contributed by atoms with van der Waals surface area (Å²) in [5.41, 5.74) is 1.98. The fourth-order valence-corrected chi connectivity index (χ4v) is 1.13. The first-order valence-corrected chi connectivity index (χ1v) is 4.23. The zero-order valence-electron chi connectivity index (χ0n) is 8.02. The summed E-state index contributed by atoms with van der Waals surface area (Å²) in [6, 6.07) is 0. The van der Waals surface area contributed by atoms with E-state index in [4.69, 9.17) is 0 Å². The SMILES string of the molecule is CC(C)(C)c1cn2cnncc2n1. The third-order valence-corrected chi connectivity index (χ3v) is 1.95. The van der Waals surface area contributed by atoms with Crippen LogP contribution in [0.4, 0.5) is 0 Å². The molecular formula is C9H12N4. The van der Waals surface area contributed by atoms with Gasteiger partial charge >= 0.3 is 0 Å². The van der Waals surface area contributed by atoms with Crippen LogP contribution < -0.4 is 0 Å². The van der Waals surface area contributed by atoms with Crippen LogP contribution in [0, 0.1) is 0 Å². The first kappa shape index (κ1) is 8.16.